The lowest BCUT2D eigenvalue weighted by Crippen LogP contribution is -2.37. The Kier molecular flexibility index (Phi) is 11.2. The van der Waals surface area contributed by atoms with Gasteiger partial charge >= 0.3 is 11.9 Å². The number of fused-ring (bicyclic) bond motifs is 1. The van der Waals surface area contributed by atoms with E-state index in [-0.39, 0.29) is 32.3 Å². The number of aromatic nitrogens is 2. The van der Waals surface area contributed by atoms with Gasteiger partial charge in [-0.3, -0.25) is 14.2 Å². The Labute approximate surface area is 274 Å². The van der Waals surface area contributed by atoms with E-state index < -0.39 is 19.4 Å². The Morgan fingerprint density at radius 3 is 2.22 bits per heavy atom. The van der Waals surface area contributed by atoms with Crippen molar-refractivity contribution >= 4 is 47.3 Å². The monoisotopic (exact) mass is 666 g/mol. The van der Waals surface area contributed by atoms with Crippen molar-refractivity contribution in [3.05, 3.63) is 70.7 Å². The molecule has 0 aliphatic heterocycles. The number of hydrogen-bond acceptors (Lipinski definition) is 7. The highest BCUT2D eigenvalue weighted by atomic mass is 35.5. The van der Waals surface area contributed by atoms with E-state index in [4.69, 9.17) is 25.8 Å². The molecule has 46 heavy (non-hydrogen) atoms. The van der Waals surface area contributed by atoms with Crippen molar-refractivity contribution in [1.29, 1.82) is 0 Å². The predicted molar refractivity (Wildman–Crippen MR) is 180 cm³/mol. The van der Waals surface area contributed by atoms with Crippen LogP contribution in [-0.2, 0) is 23.6 Å². The van der Waals surface area contributed by atoms with Crippen LogP contribution in [0.4, 0.5) is 0 Å². The van der Waals surface area contributed by atoms with Crippen LogP contribution in [0.25, 0.3) is 22.2 Å². The third-order valence-corrected chi connectivity index (χ3v) is 10.8. The molecule has 1 aliphatic rings. The Bertz CT molecular complexity index is 1710. The normalized spacial score (nSPS) is 13.9. The van der Waals surface area contributed by atoms with Crippen molar-refractivity contribution in [1.82, 2.24) is 20.1 Å². The molecule has 0 unspecified atom stereocenters. The Morgan fingerprint density at radius 1 is 0.935 bits per heavy atom. The largest absolute Gasteiger partial charge is 0.465 e. The molecule has 0 amide bonds. The second-order valence-electron chi connectivity index (χ2n) is 11.3. The van der Waals surface area contributed by atoms with Crippen LogP contribution in [0.1, 0.15) is 63.0 Å². The van der Waals surface area contributed by atoms with Crippen molar-refractivity contribution in [2.75, 3.05) is 26.3 Å². The van der Waals surface area contributed by atoms with Gasteiger partial charge in [0.25, 0.3) is 6.01 Å². The summed E-state index contributed by atoms with van der Waals surface area (Å²) in [7, 11) is -3.71. The van der Waals surface area contributed by atoms with Crippen LogP contribution in [0.15, 0.2) is 54.6 Å². The lowest BCUT2D eigenvalue weighted by molar-refractivity contribution is -0.142. The standard InChI is InChI=1S/C34H40ClN4O6P/c1-4-43-32(40)20-36-46(42,37-21-33(41)44-5-2)31-17-26(16-11-22(31)3)45-34-38-29-18-27(28(35)19-30(29)39-34)25-14-12-24(13-15-25)23-9-7-6-8-10-23/h11-19,23H,4-10,20-21H2,1-3H3,(H,38,39)(H2,36,37,42). The van der Waals surface area contributed by atoms with Gasteiger partial charge in [0.2, 0.25) is 7.44 Å². The van der Waals surface area contributed by atoms with E-state index in [1.165, 1.54) is 37.7 Å². The fourth-order valence-corrected chi connectivity index (χ4v) is 8.06. The zero-order valence-corrected chi connectivity index (χ0v) is 28.0. The summed E-state index contributed by atoms with van der Waals surface area (Å²) in [6.07, 6.45) is 6.40. The zero-order chi connectivity index (χ0) is 32.7. The maximum Gasteiger partial charge on any atom is 0.320 e. The van der Waals surface area contributed by atoms with Crippen molar-refractivity contribution in [2.24, 2.45) is 0 Å². The van der Waals surface area contributed by atoms with Gasteiger partial charge in [-0.2, -0.15) is 4.98 Å². The average molecular weight is 667 g/mol. The quantitative estimate of drug-likeness (QED) is 0.100. The number of ether oxygens (including phenoxy) is 3. The summed E-state index contributed by atoms with van der Waals surface area (Å²) < 4.78 is 30.2. The van der Waals surface area contributed by atoms with E-state index in [1.807, 2.05) is 12.1 Å². The van der Waals surface area contributed by atoms with Gasteiger partial charge in [0.05, 0.1) is 29.3 Å². The molecule has 5 rings (SSSR count). The number of nitrogens with one attached hydrogen (secondary N) is 3. The van der Waals surface area contributed by atoms with E-state index in [0.717, 1.165) is 11.1 Å². The highest BCUT2D eigenvalue weighted by Crippen LogP contribution is 2.39. The average Bonchev–Trinajstić information content (AvgIpc) is 3.45. The summed E-state index contributed by atoms with van der Waals surface area (Å²) in [5, 5.41) is 6.45. The number of nitrogens with zero attached hydrogens (tertiary/aromatic N) is 1. The first-order valence-corrected chi connectivity index (χ1v) is 17.8. The Balaban J connectivity index is 1.37. The summed E-state index contributed by atoms with van der Waals surface area (Å²) >= 11 is 6.73. The minimum absolute atomic E-state index is 0.181. The van der Waals surface area contributed by atoms with E-state index in [2.05, 4.69) is 44.4 Å². The van der Waals surface area contributed by atoms with Crippen LogP contribution in [-0.4, -0.2) is 48.2 Å². The molecule has 0 bridgehead atoms. The van der Waals surface area contributed by atoms with Gasteiger partial charge in [0.1, 0.15) is 18.8 Å². The first-order chi connectivity index (χ1) is 22.2. The van der Waals surface area contributed by atoms with Crippen LogP contribution in [0.2, 0.25) is 5.02 Å². The van der Waals surface area contributed by atoms with Crippen molar-refractivity contribution in [3.63, 3.8) is 0 Å². The topological polar surface area (TPSA) is 132 Å². The molecule has 1 aromatic heterocycles. The van der Waals surface area contributed by atoms with Gasteiger partial charge in [-0.15, -0.1) is 0 Å². The van der Waals surface area contributed by atoms with Crippen LogP contribution in [0, 0.1) is 6.92 Å². The maximum absolute atomic E-state index is 14.2. The molecule has 3 aromatic carbocycles. The molecular weight excluding hydrogens is 627 g/mol. The molecule has 244 valence electrons. The number of halogens is 1. The number of esters is 2. The molecule has 10 nitrogen and oxygen atoms in total. The van der Waals surface area contributed by atoms with Crippen LogP contribution in [0.3, 0.4) is 0 Å². The molecule has 3 N–H and O–H groups in total. The van der Waals surface area contributed by atoms with Crippen LogP contribution < -0.4 is 20.2 Å². The first kappa shape index (κ1) is 33.7. The Morgan fingerprint density at radius 2 is 1.59 bits per heavy atom. The number of imidazole rings is 1. The smallest absolute Gasteiger partial charge is 0.320 e. The number of carbonyl (C=O) groups is 2. The fraction of sp³-hybridized carbons (Fsp3) is 0.382. The van der Waals surface area contributed by atoms with Gasteiger partial charge < -0.3 is 19.2 Å². The maximum atomic E-state index is 14.2. The lowest BCUT2D eigenvalue weighted by atomic mass is 9.84. The third-order valence-electron chi connectivity index (χ3n) is 8.08. The number of H-pyrrole nitrogens is 1. The van der Waals surface area contributed by atoms with Crippen molar-refractivity contribution in [3.8, 4) is 22.9 Å². The molecule has 1 aliphatic carbocycles. The molecule has 1 fully saturated rings. The highest BCUT2D eigenvalue weighted by Gasteiger charge is 2.29. The number of carbonyl (C=O) groups excluding carboxylic acids is 2. The lowest BCUT2D eigenvalue weighted by Gasteiger charge is -2.22. The first-order valence-electron chi connectivity index (χ1n) is 15.7. The molecule has 1 saturated carbocycles. The third kappa shape index (κ3) is 8.17. The molecule has 0 atom stereocenters. The predicted octanol–water partition coefficient (Wildman–Crippen LogP) is 7.16. The van der Waals surface area contributed by atoms with E-state index >= 15 is 0 Å². The summed E-state index contributed by atoms with van der Waals surface area (Å²) in [6, 6.07) is 17.7. The summed E-state index contributed by atoms with van der Waals surface area (Å²) in [5.41, 5.74) is 5.30. The highest BCUT2D eigenvalue weighted by molar-refractivity contribution is 7.68. The minimum Gasteiger partial charge on any atom is -0.465 e. The zero-order valence-electron chi connectivity index (χ0n) is 26.4. The van der Waals surface area contributed by atoms with E-state index in [0.29, 0.717) is 38.6 Å². The molecule has 0 spiro atoms. The molecule has 0 saturated heterocycles. The van der Waals surface area contributed by atoms with Crippen LogP contribution >= 0.6 is 19.0 Å². The van der Waals surface area contributed by atoms with Gasteiger partial charge in [-0.25, -0.2) is 10.2 Å². The Hall–Kier alpha value is -3.69. The van der Waals surface area contributed by atoms with Crippen molar-refractivity contribution < 1.29 is 28.4 Å². The van der Waals surface area contributed by atoms with E-state index in [9.17, 15) is 14.2 Å². The number of rotatable bonds is 13. The number of aryl methyl sites for hydroxylation is 1. The summed E-state index contributed by atoms with van der Waals surface area (Å²) in [4.78, 5) is 32.0. The molecular formula is C34H40ClN4O6P. The summed E-state index contributed by atoms with van der Waals surface area (Å²) in [5.74, 6) is -0.178. The van der Waals surface area contributed by atoms with E-state index in [1.54, 1.807) is 39.0 Å². The van der Waals surface area contributed by atoms with Crippen molar-refractivity contribution in [2.45, 2.75) is 58.8 Å². The van der Waals surface area contributed by atoms with Gasteiger partial charge in [-0.1, -0.05) is 61.2 Å². The van der Waals surface area contributed by atoms with Crippen LogP contribution in [0.5, 0.6) is 11.8 Å². The SMILES string of the molecule is CCOC(=O)CNP(=O)(NCC(=O)OCC)c1cc(Oc2nc3cc(-c4ccc(C5CCCCC5)cc4)c(Cl)cc3[nH]2)ccc1C. The number of hydrogen-bond donors (Lipinski definition) is 3. The fourth-order valence-electron chi connectivity index (χ4n) is 5.75. The van der Waals surface area contributed by atoms with Gasteiger partial charge in [-0.05, 0) is 80.5 Å². The molecule has 0 radical (unpaired) electrons. The van der Waals surface area contributed by atoms with Gasteiger partial charge in [0, 0.05) is 10.9 Å². The molecule has 1 heterocycles. The second-order valence-corrected chi connectivity index (χ2v) is 14.0. The number of aromatic amines is 1. The second kappa shape index (κ2) is 15.3. The molecule has 12 heteroatoms. The minimum atomic E-state index is -3.71. The summed E-state index contributed by atoms with van der Waals surface area (Å²) in [6.45, 7) is 4.84. The van der Waals surface area contributed by atoms with Gasteiger partial charge in [0.15, 0.2) is 0 Å². The number of benzene rings is 3. The molecule has 4 aromatic rings.